The number of methoxy groups -OCH3 is 2. The minimum atomic E-state index is -0.517. The van der Waals surface area contributed by atoms with Gasteiger partial charge in [0.1, 0.15) is 5.70 Å². The van der Waals surface area contributed by atoms with Gasteiger partial charge in [0.25, 0.3) is 11.8 Å². The summed E-state index contributed by atoms with van der Waals surface area (Å²) in [7, 11) is 3.03. The fraction of sp³-hybridized carbons (Fsp3) is 0.0833. The van der Waals surface area contributed by atoms with Crippen molar-refractivity contribution in [3.8, 4) is 11.5 Å². The third-order valence-corrected chi connectivity index (χ3v) is 4.58. The molecule has 0 aliphatic heterocycles. The minimum Gasteiger partial charge on any atom is -0.493 e. The van der Waals surface area contributed by atoms with E-state index in [2.05, 4.69) is 10.6 Å². The van der Waals surface area contributed by atoms with E-state index >= 15 is 0 Å². The van der Waals surface area contributed by atoms with Gasteiger partial charge in [-0.25, -0.2) is 0 Å². The molecule has 0 heterocycles. The van der Waals surface area contributed by atoms with E-state index in [1.54, 1.807) is 72.8 Å². The number of hydrogen-bond acceptors (Lipinski definition) is 4. The Morgan fingerprint density at radius 2 is 1.65 bits per heavy atom. The molecule has 0 atom stereocenters. The Hall–Kier alpha value is -3.77. The largest absolute Gasteiger partial charge is 0.493 e. The average Bonchev–Trinajstić information content (AvgIpc) is 2.78. The standard InChI is InChI=1S/C24H21ClN2O4/c1-30-21-13-6-10-17(22(21)31-2)14-20(27-23(28)16-8-4-3-5-9-16)24(29)26-19-12-7-11-18(25)15-19/h3-15H,1-2H3,(H,26,29)(H,27,28). The molecular weight excluding hydrogens is 416 g/mol. The molecule has 31 heavy (non-hydrogen) atoms. The molecule has 0 radical (unpaired) electrons. The summed E-state index contributed by atoms with van der Waals surface area (Å²) in [5.41, 5.74) is 1.50. The molecule has 0 aromatic heterocycles. The Morgan fingerprint density at radius 3 is 2.32 bits per heavy atom. The third kappa shape index (κ3) is 5.65. The number of anilines is 1. The van der Waals surface area contributed by atoms with Gasteiger partial charge in [0.2, 0.25) is 0 Å². The SMILES string of the molecule is COc1cccc(C=C(NC(=O)c2ccccc2)C(=O)Nc2cccc(Cl)c2)c1OC. The molecule has 3 rings (SSSR count). The van der Waals surface area contributed by atoms with Crippen LogP contribution in [0.4, 0.5) is 5.69 Å². The van der Waals surface area contributed by atoms with E-state index < -0.39 is 11.8 Å². The van der Waals surface area contributed by atoms with Gasteiger partial charge < -0.3 is 20.1 Å². The Labute approximate surface area is 185 Å². The summed E-state index contributed by atoms with van der Waals surface area (Å²) in [4.78, 5) is 25.8. The first-order valence-electron chi connectivity index (χ1n) is 9.38. The highest BCUT2D eigenvalue weighted by Gasteiger charge is 2.17. The smallest absolute Gasteiger partial charge is 0.272 e. The second-order valence-electron chi connectivity index (χ2n) is 6.43. The molecule has 0 aliphatic carbocycles. The summed E-state index contributed by atoms with van der Waals surface area (Å²) in [5, 5.41) is 5.91. The van der Waals surface area contributed by atoms with Crippen LogP contribution in [0.3, 0.4) is 0 Å². The van der Waals surface area contributed by atoms with E-state index in [1.165, 1.54) is 20.3 Å². The number of amides is 2. The Morgan fingerprint density at radius 1 is 0.903 bits per heavy atom. The molecule has 3 aromatic rings. The fourth-order valence-electron chi connectivity index (χ4n) is 2.89. The number of carbonyl (C=O) groups is 2. The van der Waals surface area contributed by atoms with Gasteiger partial charge in [0.05, 0.1) is 14.2 Å². The van der Waals surface area contributed by atoms with Crippen molar-refractivity contribution >= 4 is 35.2 Å². The number of rotatable bonds is 7. The molecule has 2 N–H and O–H groups in total. The monoisotopic (exact) mass is 436 g/mol. The predicted molar refractivity (Wildman–Crippen MR) is 122 cm³/mol. The number of halogens is 1. The van der Waals surface area contributed by atoms with Gasteiger partial charge >= 0.3 is 0 Å². The molecule has 0 bridgehead atoms. The van der Waals surface area contributed by atoms with Crippen molar-refractivity contribution < 1.29 is 19.1 Å². The summed E-state index contributed by atoms with van der Waals surface area (Å²) < 4.78 is 10.8. The van der Waals surface area contributed by atoms with Crippen LogP contribution in [0.5, 0.6) is 11.5 Å². The maximum atomic E-state index is 13.0. The zero-order valence-corrected chi connectivity index (χ0v) is 17.8. The van der Waals surface area contributed by atoms with Crippen LogP contribution in [0.15, 0.2) is 78.5 Å². The van der Waals surface area contributed by atoms with Crippen molar-refractivity contribution in [2.45, 2.75) is 0 Å². The van der Waals surface area contributed by atoms with Crippen molar-refractivity contribution in [3.05, 3.63) is 94.6 Å². The molecule has 6 nitrogen and oxygen atoms in total. The van der Waals surface area contributed by atoms with Gasteiger partial charge in [0.15, 0.2) is 11.5 Å². The first-order valence-corrected chi connectivity index (χ1v) is 9.75. The van der Waals surface area contributed by atoms with Crippen LogP contribution in [0.2, 0.25) is 5.02 Å². The van der Waals surface area contributed by atoms with Crippen molar-refractivity contribution in [1.82, 2.24) is 5.32 Å². The van der Waals surface area contributed by atoms with Crippen LogP contribution < -0.4 is 20.1 Å². The summed E-state index contributed by atoms with van der Waals surface area (Å²) in [5.74, 6) is -0.00127. The first kappa shape index (κ1) is 21.9. The zero-order valence-electron chi connectivity index (χ0n) is 17.0. The van der Waals surface area contributed by atoms with Crippen molar-refractivity contribution in [1.29, 1.82) is 0 Å². The lowest BCUT2D eigenvalue weighted by atomic mass is 10.1. The lowest BCUT2D eigenvalue weighted by Gasteiger charge is -2.14. The number of carbonyl (C=O) groups excluding carboxylic acids is 2. The highest BCUT2D eigenvalue weighted by Crippen LogP contribution is 2.32. The van der Waals surface area contributed by atoms with E-state index in [0.29, 0.717) is 33.3 Å². The summed E-state index contributed by atoms with van der Waals surface area (Å²) in [6.07, 6.45) is 1.53. The van der Waals surface area contributed by atoms with E-state index in [1.807, 2.05) is 0 Å². The molecule has 158 valence electrons. The normalized spacial score (nSPS) is 10.9. The van der Waals surface area contributed by atoms with Crippen molar-refractivity contribution in [2.24, 2.45) is 0 Å². The molecule has 0 spiro atoms. The van der Waals surface area contributed by atoms with E-state index in [-0.39, 0.29) is 5.70 Å². The molecule has 7 heteroatoms. The van der Waals surface area contributed by atoms with Crippen LogP contribution in [0, 0.1) is 0 Å². The number of ether oxygens (including phenoxy) is 2. The molecule has 0 unspecified atom stereocenters. The van der Waals surface area contributed by atoms with Crippen LogP contribution >= 0.6 is 11.6 Å². The van der Waals surface area contributed by atoms with E-state index in [0.717, 1.165) is 0 Å². The molecule has 0 fully saturated rings. The highest BCUT2D eigenvalue weighted by atomic mass is 35.5. The Balaban J connectivity index is 1.98. The summed E-state index contributed by atoms with van der Waals surface area (Å²) in [6, 6.07) is 20.6. The predicted octanol–water partition coefficient (Wildman–Crippen LogP) is 4.77. The number of hydrogen-bond donors (Lipinski definition) is 2. The Kier molecular flexibility index (Phi) is 7.30. The lowest BCUT2D eigenvalue weighted by Crippen LogP contribution is -2.30. The van der Waals surface area contributed by atoms with E-state index in [9.17, 15) is 9.59 Å². The highest BCUT2D eigenvalue weighted by molar-refractivity contribution is 6.31. The molecule has 0 saturated heterocycles. The topological polar surface area (TPSA) is 76.7 Å². The second-order valence-corrected chi connectivity index (χ2v) is 6.86. The lowest BCUT2D eigenvalue weighted by molar-refractivity contribution is -0.113. The zero-order chi connectivity index (χ0) is 22.2. The maximum absolute atomic E-state index is 13.0. The molecule has 0 saturated carbocycles. The first-order chi connectivity index (χ1) is 15.0. The average molecular weight is 437 g/mol. The molecule has 0 aliphatic rings. The van der Waals surface area contributed by atoms with Gasteiger partial charge in [-0.3, -0.25) is 9.59 Å². The van der Waals surface area contributed by atoms with Gasteiger partial charge in [0, 0.05) is 21.8 Å². The van der Waals surface area contributed by atoms with Gasteiger partial charge in [-0.15, -0.1) is 0 Å². The minimum absolute atomic E-state index is 0.0281. The summed E-state index contributed by atoms with van der Waals surface area (Å²) >= 11 is 6.01. The van der Waals surface area contributed by atoms with Crippen LogP contribution in [0.25, 0.3) is 6.08 Å². The number of nitrogens with one attached hydrogen (secondary N) is 2. The molecular formula is C24H21ClN2O4. The van der Waals surface area contributed by atoms with Crippen LogP contribution in [-0.2, 0) is 4.79 Å². The second kappa shape index (κ2) is 10.3. The third-order valence-electron chi connectivity index (χ3n) is 4.34. The Bertz CT molecular complexity index is 1110. The fourth-order valence-corrected chi connectivity index (χ4v) is 3.08. The van der Waals surface area contributed by atoms with Crippen LogP contribution in [-0.4, -0.2) is 26.0 Å². The van der Waals surface area contributed by atoms with Gasteiger partial charge in [-0.2, -0.15) is 0 Å². The molecule has 3 aromatic carbocycles. The van der Waals surface area contributed by atoms with Crippen molar-refractivity contribution in [3.63, 3.8) is 0 Å². The number of benzene rings is 3. The van der Waals surface area contributed by atoms with E-state index in [4.69, 9.17) is 21.1 Å². The molecule has 2 amide bonds. The quantitative estimate of drug-likeness (QED) is 0.523. The maximum Gasteiger partial charge on any atom is 0.272 e. The van der Waals surface area contributed by atoms with Gasteiger partial charge in [-0.1, -0.05) is 48.0 Å². The number of para-hydroxylation sites is 1. The van der Waals surface area contributed by atoms with Crippen molar-refractivity contribution in [2.75, 3.05) is 19.5 Å². The summed E-state index contributed by atoms with van der Waals surface area (Å²) in [6.45, 7) is 0. The van der Waals surface area contributed by atoms with Crippen LogP contribution in [0.1, 0.15) is 15.9 Å². The van der Waals surface area contributed by atoms with Gasteiger partial charge in [-0.05, 0) is 42.5 Å².